The first-order valence-electron chi connectivity index (χ1n) is 3.96. The van der Waals surface area contributed by atoms with Crippen molar-refractivity contribution in [2.24, 2.45) is 0 Å². The molecule has 0 bridgehead atoms. The molecule has 0 aromatic carbocycles. The summed E-state index contributed by atoms with van der Waals surface area (Å²) < 4.78 is 0.816. The van der Waals surface area contributed by atoms with Crippen LogP contribution in [0.2, 0.25) is 0 Å². The summed E-state index contributed by atoms with van der Waals surface area (Å²) in [5.74, 6) is 0.233. The normalized spacial score (nSPS) is 15.9. The van der Waals surface area contributed by atoms with E-state index in [1.165, 1.54) is 0 Å². The third-order valence-electron chi connectivity index (χ3n) is 2.06. The smallest absolute Gasteiger partial charge is 0.164 e. The third kappa shape index (κ3) is 1.29. The SMILES string of the molecule is O=C1CCCc2nc(Br)ccc21. The predicted molar refractivity (Wildman–Crippen MR) is 49.2 cm³/mol. The summed E-state index contributed by atoms with van der Waals surface area (Å²) in [7, 11) is 0. The lowest BCUT2D eigenvalue weighted by Gasteiger charge is -2.12. The van der Waals surface area contributed by atoms with Gasteiger partial charge in [-0.15, -0.1) is 0 Å². The molecular formula is C9H8BrNO. The monoisotopic (exact) mass is 225 g/mol. The van der Waals surface area contributed by atoms with Crippen molar-refractivity contribution in [3.63, 3.8) is 0 Å². The summed E-state index contributed by atoms with van der Waals surface area (Å²) in [6.45, 7) is 0. The largest absolute Gasteiger partial charge is 0.294 e. The maximum atomic E-state index is 11.3. The first-order chi connectivity index (χ1) is 5.77. The van der Waals surface area contributed by atoms with Crippen molar-refractivity contribution in [3.05, 3.63) is 28.0 Å². The van der Waals surface area contributed by atoms with E-state index in [0.29, 0.717) is 6.42 Å². The van der Waals surface area contributed by atoms with Gasteiger partial charge in [0.05, 0.1) is 5.69 Å². The summed E-state index contributed by atoms with van der Waals surface area (Å²) in [4.78, 5) is 15.6. The maximum Gasteiger partial charge on any atom is 0.164 e. The number of pyridine rings is 1. The molecule has 2 rings (SSSR count). The topological polar surface area (TPSA) is 30.0 Å². The van der Waals surface area contributed by atoms with Crippen LogP contribution in [0.1, 0.15) is 28.9 Å². The first kappa shape index (κ1) is 7.92. The van der Waals surface area contributed by atoms with E-state index in [9.17, 15) is 4.79 Å². The highest BCUT2D eigenvalue weighted by molar-refractivity contribution is 9.10. The highest BCUT2D eigenvalue weighted by Gasteiger charge is 2.17. The van der Waals surface area contributed by atoms with Crippen molar-refractivity contribution >= 4 is 21.7 Å². The molecule has 0 amide bonds. The maximum absolute atomic E-state index is 11.3. The van der Waals surface area contributed by atoms with Crippen molar-refractivity contribution in [2.75, 3.05) is 0 Å². The lowest BCUT2D eigenvalue weighted by molar-refractivity contribution is 0.0971. The number of carbonyl (C=O) groups excluding carboxylic acids is 1. The Bertz CT molecular complexity index is 335. The van der Waals surface area contributed by atoms with Gasteiger partial charge >= 0.3 is 0 Å². The van der Waals surface area contributed by atoms with Gasteiger partial charge in [-0.2, -0.15) is 0 Å². The summed E-state index contributed by atoms with van der Waals surface area (Å²) in [6, 6.07) is 3.68. The molecule has 2 nitrogen and oxygen atoms in total. The third-order valence-corrected chi connectivity index (χ3v) is 2.50. The van der Waals surface area contributed by atoms with E-state index in [1.807, 2.05) is 12.1 Å². The van der Waals surface area contributed by atoms with Crippen LogP contribution in [-0.4, -0.2) is 10.8 Å². The molecule has 1 aliphatic carbocycles. The van der Waals surface area contributed by atoms with Crippen LogP contribution in [0.25, 0.3) is 0 Å². The Kier molecular flexibility index (Phi) is 1.97. The second-order valence-electron chi connectivity index (χ2n) is 2.90. The molecular weight excluding hydrogens is 218 g/mol. The highest BCUT2D eigenvalue weighted by Crippen LogP contribution is 2.21. The van der Waals surface area contributed by atoms with Crippen molar-refractivity contribution in [2.45, 2.75) is 19.3 Å². The van der Waals surface area contributed by atoms with Gasteiger partial charge in [-0.3, -0.25) is 4.79 Å². The number of carbonyl (C=O) groups is 1. The number of halogens is 1. The van der Waals surface area contributed by atoms with Crippen molar-refractivity contribution in [1.29, 1.82) is 0 Å². The summed E-state index contributed by atoms with van der Waals surface area (Å²) in [5, 5.41) is 0. The van der Waals surface area contributed by atoms with Gasteiger partial charge in [0, 0.05) is 12.0 Å². The van der Waals surface area contributed by atoms with Gasteiger partial charge in [0.25, 0.3) is 0 Å². The van der Waals surface area contributed by atoms with Crippen LogP contribution in [0.15, 0.2) is 16.7 Å². The first-order valence-corrected chi connectivity index (χ1v) is 4.75. The molecule has 0 unspecified atom stereocenters. The molecule has 0 spiro atoms. The van der Waals surface area contributed by atoms with Crippen LogP contribution in [0.4, 0.5) is 0 Å². The van der Waals surface area contributed by atoms with E-state index in [4.69, 9.17) is 0 Å². The minimum Gasteiger partial charge on any atom is -0.294 e. The van der Waals surface area contributed by atoms with E-state index in [2.05, 4.69) is 20.9 Å². The van der Waals surface area contributed by atoms with E-state index in [-0.39, 0.29) is 5.78 Å². The molecule has 0 N–H and O–H groups in total. The Morgan fingerprint density at radius 1 is 1.33 bits per heavy atom. The zero-order valence-corrected chi connectivity index (χ0v) is 8.10. The Balaban J connectivity index is 2.53. The van der Waals surface area contributed by atoms with Crippen LogP contribution < -0.4 is 0 Å². The number of aromatic nitrogens is 1. The molecule has 0 radical (unpaired) electrons. The number of fused-ring (bicyclic) bond motifs is 1. The van der Waals surface area contributed by atoms with Crippen LogP contribution in [-0.2, 0) is 6.42 Å². The minimum absolute atomic E-state index is 0.233. The molecule has 12 heavy (non-hydrogen) atoms. The molecule has 1 aliphatic rings. The van der Waals surface area contributed by atoms with Gasteiger partial charge in [-0.1, -0.05) is 0 Å². The standard InChI is InChI=1S/C9H8BrNO/c10-9-5-4-6-7(11-9)2-1-3-8(6)12/h4-5H,1-3H2. The Labute approximate surface area is 79.1 Å². The van der Waals surface area contributed by atoms with E-state index >= 15 is 0 Å². The Morgan fingerprint density at radius 3 is 3.00 bits per heavy atom. The number of ketones is 1. The number of aryl methyl sites for hydroxylation is 1. The summed E-state index contributed by atoms with van der Waals surface area (Å²) in [6.07, 6.45) is 2.55. The second kappa shape index (κ2) is 2.98. The van der Waals surface area contributed by atoms with E-state index in [1.54, 1.807) is 0 Å². The Morgan fingerprint density at radius 2 is 2.17 bits per heavy atom. The van der Waals surface area contributed by atoms with Gasteiger partial charge in [0.1, 0.15) is 4.60 Å². The minimum atomic E-state index is 0.233. The second-order valence-corrected chi connectivity index (χ2v) is 3.72. The molecule has 0 fully saturated rings. The number of nitrogens with zero attached hydrogens (tertiary/aromatic N) is 1. The molecule has 0 aliphatic heterocycles. The molecule has 1 heterocycles. The lowest BCUT2D eigenvalue weighted by Crippen LogP contribution is -2.12. The molecule has 62 valence electrons. The average Bonchev–Trinajstić information content (AvgIpc) is 2.04. The van der Waals surface area contributed by atoms with Crippen molar-refractivity contribution in [3.8, 4) is 0 Å². The van der Waals surface area contributed by atoms with Crippen LogP contribution in [0.5, 0.6) is 0 Å². The average molecular weight is 226 g/mol. The van der Waals surface area contributed by atoms with Gasteiger partial charge in [-0.25, -0.2) is 4.98 Å². The molecule has 3 heteroatoms. The van der Waals surface area contributed by atoms with Crippen molar-refractivity contribution < 1.29 is 4.79 Å². The van der Waals surface area contributed by atoms with Crippen LogP contribution >= 0.6 is 15.9 Å². The van der Waals surface area contributed by atoms with Gasteiger partial charge < -0.3 is 0 Å². The summed E-state index contributed by atoms with van der Waals surface area (Å²) >= 11 is 3.29. The molecule has 0 saturated carbocycles. The fourth-order valence-corrected chi connectivity index (χ4v) is 1.82. The van der Waals surface area contributed by atoms with Crippen LogP contribution in [0, 0.1) is 0 Å². The number of rotatable bonds is 0. The predicted octanol–water partition coefficient (Wildman–Crippen LogP) is 2.36. The molecule has 0 atom stereocenters. The van der Waals surface area contributed by atoms with Gasteiger partial charge in [-0.05, 0) is 40.9 Å². The molecule has 1 aromatic heterocycles. The zero-order valence-electron chi connectivity index (χ0n) is 6.51. The quantitative estimate of drug-likeness (QED) is 0.635. The number of hydrogen-bond acceptors (Lipinski definition) is 2. The highest BCUT2D eigenvalue weighted by atomic mass is 79.9. The Hall–Kier alpha value is -0.700. The number of Topliss-reactive ketones (excluding diaryl/α,β-unsaturated/α-hetero) is 1. The fraction of sp³-hybridized carbons (Fsp3) is 0.333. The number of hydrogen-bond donors (Lipinski definition) is 0. The summed E-state index contributed by atoms with van der Waals surface area (Å²) in [5.41, 5.74) is 1.75. The van der Waals surface area contributed by atoms with Gasteiger partial charge in [0.15, 0.2) is 5.78 Å². The fourth-order valence-electron chi connectivity index (χ4n) is 1.47. The zero-order chi connectivity index (χ0) is 8.55. The van der Waals surface area contributed by atoms with Gasteiger partial charge in [0.2, 0.25) is 0 Å². The molecule has 0 saturated heterocycles. The van der Waals surface area contributed by atoms with Crippen LogP contribution in [0.3, 0.4) is 0 Å². The molecule has 1 aromatic rings. The lowest BCUT2D eigenvalue weighted by atomic mass is 9.95. The van der Waals surface area contributed by atoms with E-state index in [0.717, 1.165) is 28.7 Å². The van der Waals surface area contributed by atoms with E-state index < -0.39 is 0 Å². The van der Waals surface area contributed by atoms with Crippen molar-refractivity contribution in [1.82, 2.24) is 4.98 Å².